The number of nitrogens with zero attached hydrogens (tertiary/aromatic N) is 3. The van der Waals surface area contributed by atoms with Crippen LogP contribution in [0.3, 0.4) is 0 Å². The number of rotatable bonds is 8. The Morgan fingerprint density at radius 1 is 1.38 bits per heavy atom. The van der Waals surface area contributed by atoms with Gasteiger partial charge in [-0.15, -0.1) is 24.0 Å². The van der Waals surface area contributed by atoms with Gasteiger partial charge < -0.3 is 15.2 Å². The van der Waals surface area contributed by atoms with Crippen LogP contribution < -0.4 is 10.6 Å². The van der Waals surface area contributed by atoms with Crippen LogP contribution in [0.2, 0.25) is 0 Å². The van der Waals surface area contributed by atoms with Crippen LogP contribution in [0.15, 0.2) is 17.4 Å². The standard InChI is InChI=1S/C15H29N5.HI/c1-5-13(3)19-15(16-6-2)18-9-7-8-11-20-12-10-17-14(20)4;/h10,12-13H,5-9,11H2,1-4H3,(H2,16,18,19);1H. The number of hydrogen-bond acceptors (Lipinski definition) is 2. The Morgan fingerprint density at radius 2 is 2.14 bits per heavy atom. The summed E-state index contributed by atoms with van der Waals surface area (Å²) in [6.45, 7) is 11.3. The van der Waals surface area contributed by atoms with E-state index in [1.54, 1.807) is 0 Å². The molecule has 1 aromatic heterocycles. The molecule has 0 saturated carbocycles. The summed E-state index contributed by atoms with van der Waals surface area (Å²) < 4.78 is 2.19. The molecule has 6 heteroatoms. The molecule has 0 aliphatic carbocycles. The van der Waals surface area contributed by atoms with Gasteiger partial charge in [0.15, 0.2) is 5.96 Å². The Bertz CT molecular complexity index is 403. The van der Waals surface area contributed by atoms with Crippen LogP contribution in [-0.2, 0) is 6.54 Å². The van der Waals surface area contributed by atoms with Crippen LogP contribution >= 0.6 is 24.0 Å². The first-order valence-corrected chi connectivity index (χ1v) is 7.70. The molecule has 0 radical (unpaired) electrons. The fourth-order valence-electron chi connectivity index (χ4n) is 1.88. The van der Waals surface area contributed by atoms with Gasteiger partial charge in [0.05, 0.1) is 0 Å². The van der Waals surface area contributed by atoms with Crippen molar-refractivity contribution in [2.24, 2.45) is 4.99 Å². The van der Waals surface area contributed by atoms with Crippen molar-refractivity contribution in [3.8, 4) is 0 Å². The second kappa shape index (κ2) is 11.8. The minimum atomic E-state index is 0. The summed E-state index contributed by atoms with van der Waals surface area (Å²) in [6, 6.07) is 0.460. The Kier molecular flexibility index (Phi) is 11.4. The van der Waals surface area contributed by atoms with Gasteiger partial charge in [0.25, 0.3) is 0 Å². The summed E-state index contributed by atoms with van der Waals surface area (Å²) >= 11 is 0. The summed E-state index contributed by atoms with van der Waals surface area (Å²) in [7, 11) is 0. The highest BCUT2D eigenvalue weighted by atomic mass is 127. The van der Waals surface area contributed by atoms with E-state index in [0.717, 1.165) is 50.7 Å². The van der Waals surface area contributed by atoms with Gasteiger partial charge in [0, 0.05) is 38.1 Å². The van der Waals surface area contributed by atoms with E-state index < -0.39 is 0 Å². The molecule has 1 aromatic rings. The Morgan fingerprint density at radius 3 is 2.71 bits per heavy atom. The van der Waals surface area contributed by atoms with Crippen molar-refractivity contribution in [1.82, 2.24) is 20.2 Å². The van der Waals surface area contributed by atoms with E-state index in [2.05, 4.69) is 45.9 Å². The molecule has 1 atom stereocenters. The second-order valence-corrected chi connectivity index (χ2v) is 5.09. The first-order chi connectivity index (χ1) is 9.67. The fraction of sp³-hybridized carbons (Fsp3) is 0.733. The van der Waals surface area contributed by atoms with E-state index in [9.17, 15) is 0 Å². The Balaban J connectivity index is 0.00000400. The summed E-state index contributed by atoms with van der Waals surface area (Å²) in [5.41, 5.74) is 0. The number of aliphatic imine (C=N–C) groups is 1. The number of hydrogen-bond donors (Lipinski definition) is 2. The van der Waals surface area contributed by atoms with Gasteiger partial charge in [0.2, 0.25) is 0 Å². The number of imidazole rings is 1. The normalized spacial score (nSPS) is 12.7. The molecule has 1 unspecified atom stereocenters. The Labute approximate surface area is 146 Å². The molecule has 0 amide bonds. The first kappa shape index (κ1) is 20.2. The zero-order valence-electron chi connectivity index (χ0n) is 13.7. The molecule has 122 valence electrons. The molecule has 21 heavy (non-hydrogen) atoms. The van der Waals surface area contributed by atoms with Crippen molar-refractivity contribution >= 4 is 29.9 Å². The lowest BCUT2D eigenvalue weighted by Gasteiger charge is -2.16. The fourth-order valence-corrected chi connectivity index (χ4v) is 1.88. The molecule has 0 aliphatic rings. The van der Waals surface area contributed by atoms with Crippen LogP contribution in [0.5, 0.6) is 0 Å². The highest BCUT2D eigenvalue weighted by Gasteiger charge is 2.02. The van der Waals surface area contributed by atoms with Gasteiger partial charge in [-0.1, -0.05) is 6.92 Å². The third kappa shape index (κ3) is 8.28. The molecule has 5 nitrogen and oxygen atoms in total. The molecule has 2 N–H and O–H groups in total. The minimum Gasteiger partial charge on any atom is -0.357 e. The maximum absolute atomic E-state index is 4.61. The van der Waals surface area contributed by atoms with Crippen LogP contribution in [-0.4, -0.2) is 34.6 Å². The van der Waals surface area contributed by atoms with E-state index in [1.807, 2.05) is 19.3 Å². The van der Waals surface area contributed by atoms with Gasteiger partial charge in [0.1, 0.15) is 5.82 Å². The zero-order valence-corrected chi connectivity index (χ0v) is 16.1. The van der Waals surface area contributed by atoms with E-state index in [0.29, 0.717) is 6.04 Å². The smallest absolute Gasteiger partial charge is 0.191 e. The van der Waals surface area contributed by atoms with Crippen molar-refractivity contribution in [3.63, 3.8) is 0 Å². The summed E-state index contributed by atoms with van der Waals surface area (Å²) in [6.07, 6.45) is 7.21. The molecule has 0 spiro atoms. The topological polar surface area (TPSA) is 54.2 Å². The molecule has 0 bridgehead atoms. The van der Waals surface area contributed by atoms with Crippen LogP contribution in [0, 0.1) is 6.92 Å². The third-order valence-corrected chi connectivity index (χ3v) is 3.34. The predicted octanol–water partition coefficient (Wildman–Crippen LogP) is 2.94. The zero-order chi connectivity index (χ0) is 14.8. The average molecular weight is 407 g/mol. The van der Waals surface area contributed by atoms with Gasteiger partial charge in [-0.2, -0.15) is 0 Å². The van der Waals surface area contributed by atoms with Crippen molar-refractivity contribution in [3.05, 3.63) is 18.2 Å². The monoisotopic (exact) mass is 407 g/mol. The molecule has 0 aromatic carbocycles. The maximum atomic E-state index is 4.61. The largest absolute Gasteiger partial charge is 0.357 e. The summed E-state index contributed by atoms with van der Waals surface area (Å²) in [5.74, 6) is 2.01. The second-order valence-electron chi connectivity index (χ2n) is 5.09. The lowest BCUT2D eigenvalue weighted by Crippen LogP contribution is -2.42. The molecular weight excluding hydrogens is 377 g/mol. The van der Waals surface area contributed by atoms with E-state index in [-0.39, 0.29) is 24.0 Å². The molecule has 0 aliphatic heterocycles. The highest BCUT2D eigenvalue weighted by molar-refractivity contribution is 14.0. The van der Waals surface area contributed by atoms with E-state index in [4.69, 9.17) is 0 Å². The summed E-state index contributed by atoms with van der Waals surface area (Å²) in [4.78, 5) is 8.84. The van der Waals surface area contributed by atoms with Crippen LogP contribution in [0.1, 0.15) is 45.9 Å². The minimum absolute atomic E-state index is 0. The molecular formula is C15H30IN5. The number of aryl methyl sites for hydroxylation is 2. The SMILES string of the molecule is CCNC(=NCCCCn1ccnc1C)NC(C)CC.I. The quantitative estimate of drug-likeness (QED) is 0.302. The van der Waals surface area contributed by atoms with Gasteiger partial charge >= 0.3 is 0 Å². The Hall–Kier alpha value is -0.790. The molecule has 0 fully saturated rings. The third-order valence-electron chi connectivity index (χ3n) is 3.34. The number of nitrogens with one attached hydrogen (secondary N) is 2. The predicted molar refractivity (Wildman–Crippen MR) is 100 cm³/mol. The number of aromatic nitrogens is 2. The van der Waals surface area contributed by atoms with Crippen molar-refractivity contribution < 1.29 is 0 Å². The van der Waals surface area contributed by atoms with Gasteiger partial charge in [-0.3, -0.25) is 4.99 Å². The number of halogens is 1. The first-order valence-electron chi connectivity index (χ1n) is 7.70. The number of guanidine groups is 1. The number of unbranched alkanes of at least 4 members (excludes halogenated alkanes) is 1. The molecule has 1 rings (SSSR count). The van der Waals surface area contributed by atoms with Crippen molar-refractivity contribution in [2.45, 2.75) is 59.5 Å². The molecule has 0 saturated heterocycles. The lowest BCUT2D eigenvalue weighted by molar-refractivity contribution is 0.595. The maximum Gasteiger partial charge on any atom is 0.191 e. The van der Waals surface area contributed by atoms with E-state index >= 15 is 0 Å². The highest BCUT2D eigenvalue weighted by Crippen LogP contribution is 2.00. The van der Waals surface area contributed by atoms with Gasteiger partial charge in [-0.05, 0) is 40.0 Å². The van der Waals surface area contributed by atoms with Crippen LogP contribution in [0.25, 0.3) is 0 Å². The lowest BCUT2D eigenvalue weighted by atomic mass is 10.3. The van der Waals surface area contributed by atoms with Crippen molar-refractivity contribution in [2.75, 3.05) is 13.1 Å². The molecule has 1 heterocycles. The van der Waals surface area contributed by atoms with Crippen molar-refractivity contribution in [1.29, 1.82) is 0 Å². The van der Waals surface area contributed by atoms with Gasteiger partial charge in [-0.25, -0.2) is 4.98 Å². The van der Waals surface area contributed by atoms with E-state index in [1.165, 1.54) is 0 Å². The van der Waals surface area contributed by atoms with Crippen LogP contribution in [0.4, 0.5) is 0 Å². The summed E-state index contributed by atoms with van der Waals surface area (Å²) in [5, 5.41) is 6.69. The average Bonchev–Trinajstić information content (AvgIpc) is 2.84.